The minimum absolute atomic E-state index is 0.159. The smallest absolute Gasteiger partial charge is 0.260 e. The molecular formula is C24H24N4O4S. The molecule has 2 aliphatic heterocycles. The fourth-order valence-corrected chi connectivity index (χ4v) is 5.09. The average Bonchev–Trinajstić information content (AvgIpc) is 3.42. The van der Waals surface area contributed by atoms with E-state index in [9.17, 15) is 14.4 Å². The summed E-state index contributed by atoms with van der Waals surface area (Å²) >= 11 is 1.49. The molecule has 0 spiro atoms. The summed E-state index contributed by atoms with van der Waals surface area (Å²) in [7, 11) is 0. The summed E-state index contributed by atoms with van der Waals surface area (Å²) in [5.41, 5.74) is 1.85. The first-order valence-corrected chi connectivity index (χ1v) is 11.9. The van der Waals surface area contributed by atoms with Gasteiger partial charge >= 0.3 is 0 Å². The van der Waals surface area contributed by atoms with Gasteiger partial charge in [0.1, 0.15) is 0 Å². The number of thiazole rings is 1. The number of anilines is 2. The maximum Gasteiger partial charge on any atom is 0.260 e. The van der Waals surface area contributed by atoms with Gasteiger partial charge in [-0.15, -0.1) is 0 Å². The van der Waals surface area contributed by atoms with Gasteiger partial charge in [0.2, 0.25) is 11.8 Å². The summed E-state index contributed by atoms with van der Waals surface area (Å²) in [6.07, 6.45) is 0.457. The molecule has 5 rings (SSSR count). The molecule has 0 aliphatic carbocycles. The number of imide groups is 1. The molecule has 2 fully saturated rings. The van der Waals surface area contributed by atoms with Crippen molar-refractivity contribution in [3.05, 3.63) is 54.1 Å². The summed E-state index contributed by atoms with van der Waals surface area (Å²) in [6.45, 7) is 4.31. The van der Waals surface area contributed by atoms with Gasteiger partial charge in [-0.1, -0.05) is 23.5 Å². The van der Waals surface area contributed by atoms with Crippen molar-refractivity contribution >= 4 is 50.1 Å². The third-order valence-corrected chi connectivity index (χ3v) is 6.99. The predicted octanol–water partition coefficient (Wildman–Crippen LogP) is 2.93. The quantitative estimate of drug-likeness (QED) is 0.522. The molecule has 170 valence electrons. The van der Waals surface area contributed by atoms with E-state index in [1.54, 1.807) is 29.2 Å². The van der Waals surface area contributed by atoms with Crippen molar-refractivity contribution in [2.24, 2.45) is 0 Å². The summed E-state index contributed by atoms with van der Waals surface area (Å²) in [6, 6.07) is 14.5. The molecule has 0 unspecified atom stereocenters. The molecule has 0 bridgehead atoms. The van der Waals surface area contributed by atoms with Crippen LogP contribution in [0, 0.1) is 0 Å². The van der Waals surface area contributed by atoms with Crippen molar-refractivity contribution in [3.63, 3.8) is 0 Å². The molecule has 3 aromatic rings. The number of nitrogens with zero attached hydrogens (tertiary/aromatic N) is 4. The van der Waals surface area contributed by atoms with Crippen molar-refractivity contribution in [3.8, 4) is 0 Å². The second kappa shape index (κ2) is 9.38. The van der Waals surface area contributed by atoms with Crippen LogP contribution in [0.15, 0.2) is 48.5 Å². The molecule has 0 atom stereocenters. The lowest BCUT2D eigenvalue weighted by atomic mass is 10.1. The van der Waals surface area contributed by atoms with Gasteiger partial charge in [-0.3, -0.25) is 29.1 Å². The maximum atomic E-state index is 13.6. The first-order chi connectivity index (χ1) is 16.1. The number of amides is 3. The van der Waals surface area contributed by atoms with Crippen LogP contribution < -0.4 is 9.80 Å². The second-order valence-corrected chi connectivity index (χ2v) is 9.05. The molecule has 2 aromatic carbocycles. The van der Waals surface area contributed by atoms with E-state index >= 15 is 0 Å². The Bertz CT molecular complexity index is 1140. The Morgan fingerprint density at radius 2 is 1.70 bits per heavy atom. The summed E-state index contributed by atoms with van der Waals surface area (Å²) < 4.78 is 6.46. The Balaban J connectivity index is 1.40. The van der Waals surface area contributed by atoms with Gasteiger partial charge < -0.3 is 4.74 Å². The van der Waals surface area contributed by atoms with E-state index in [-0.39, 0.29) is 30.6 Å². The van der Waals surface area contributed by atoms with Gasteiger partial charge in [0.25, 0.3) is 5.91 Å². The first-order valence-electron chi connectivity index (χ1n) is 11.0. The van der Waals surface area contributed by atoms with Gasteiger partial charge in [-0.2, -0.15) is 0 Å². The van der Waals surface area contributed by atoms with E-state index in [0.717, 1.165) is 29.9 Å². The van der Waals surface area contributed by atoms with Crippen molar-refractivity contribution in [1.29, 1.82) is 0 Å². The maximum absolute atomic E-state index is 13.6. The van der Waals surface area contributed by atoms with E-state index in [1.807, 2.05) is 24.3 Å². The Morgan fingerprint density at radius 3 is 2.39 bits per heavy atom. The number of hydrogen-bond donors (Lipinski definition) is 0. The summed E-state index contributed by atoms with van der Waals surface area (Å²) in [4.78, 5) is 47.5. The normalized spacial score (nSPS) is 17.2. The molecule has 33 heavy (non-hydrogen) atoms. The minimum atomic E-state index is -0.208. The average molecular weight is 465 g/mol. The number of hydrogen-bond acceptors (Lipinski definition) is 7. The summed E-state index contributed by atoms with van der Waals surface area (Å²) in [5, 5.41) is 0.656. The van der Waals surface area contributed by atoms with Gasteiger partial charge in [-0.05, 0) is 36.4 Å². The number of fused-ring (bicyclic) bond motifs is 1. The molecule has 0 saturated carbocycles. The van der Waals surface area contributed by atoms with Gasteiger partial charge in [0, 0.05) is 44.6 Å². The number of benzene rings is 2. The highest BCUT2D eigenvalue weighted by Crippen LogP contribution is 2.30. The molecule has 2 aliphatic rings. The van der Waals surface area contributed by atoms with Gasteiger partial charge in [0.15, 0.2) is 5.13 Å². The largest absolute Gasteiger partial charge is 0.379 e. The van der Waals surface area contributed by atoms with Crippen LogP contribution in [0.1, 0.15) is 23.2 Å². The Hall–Kier alpha value is -3.14. The minimum Gasteiger partial charge on any atom is -0.379 e. The van der Waals surface area contributed by atoms with Crippen LogP contribution in [0.3, 0.4) is 0 Å². The SMILES string of the molecule is O=C(c1ccc(N2C(=O)CCC2=O)cc1)N(CCN1CCOCC1)c1nc2ccccc2s1. The van der Waals surface area contributed by atoms with E-state index in [1.165, 1.54) is 16.2 Å². The molecule has 8 nitrogen and oxygen atoms in total. The van der Waals surface area contributed by atoms with Crippen LogP contribution in [0.25, 0.3) is 10.2 Å². The van der Waals surface area contributed by atoms with Crippen LogP contribution in [0.2, 0.25) is 0 Å². The van der Waals surface area contributed by atoms with E-state index in [2.05, 4.69) is 4.90 Å². The monoisotopic (exact) mass is 464 g/mol. The predicted molar refractivity (Wildman–Crippen MR) is 127 cm³/mol. The second-order valence-electron chi connectivity index (χ2n) is 8.04. The molecule has 0 radical (unpaired) electrons. The third-order valence-electron chi connectivity index (χ3n) is 5.93. The van der Waals surface area contributed by atoms with Crippen molar-refractivity contribution in [2.75, 3.05) is 49.2 Å². The zero-order valence-corrected chi connectivity index (χ0v) is 18.9. The van der Waals surface area contributed by atoms with Crippen molar-refractivity contribution in [2.45, 2.75) is 12.8 Å². The van der Waals surface area contributed by atoms with E-state index < -0.39 is 0 Å². The van der Waals surface area contributed by atoms with Crippen LogP contribution >= 0.6 is 11.3 Å². The number of aromatic nitrogens is 1. The number of ether oxygens (including phenoxy) is 1. The van der Waals surface area contributed by atoms with Crippen molar-refractivity contribution < 1.29 is 19.1 Å². The van der Waals surface area contributed by atoms with Crippen LogP contribution in [0.4, 0.5) is 10.8 Å². The Labute approximate surface area is 195 Å². The van der Waals surface area contributed by atoms with Crippen LogP contribution in [-0.4, -0.2) is 67.0 Å². The van der Waals surface area contributed by atoms with Crippen LogP contribution in [0.5, 0.6) is 0 Å². The van der Waals surface area contributed by atoms with E-state index in [0.29, 0.717) is 36.1 Å². The third kappa shape index (κ3) is 4.52. The standard InChI is InChI=1S/C24H24N4O4S/c29-21-9-10-22(30)28(21)18-7-5-17(6-8-18)23(31)27(12-11-26-13-15-32-16-14-26)24-25-19-3-1-2-4-20(19)33-24/h1-8H,9-16H2. The fraction of sp³-hybridized carbons (Fsp3) is 0.333. The number of carbonyl (C=O) groups is 3. The molecule has 1 aromatic heterocycles. The van der Waals surface area contributed by atoms with Gasteiger partial charge in [0.05, 0.1) is 29.1 Å². The first kappa shape index (κ1) is 21.7. The van der Waals surface area contributed by atoms with Gasteiger partial charge in [-0.25, -0.2) is 4.98 Å². The number of morpholine rings is 1. The highest BCUT2D eigenvalue weighted by Gasteiger charge is 2.30. The molecule has 3 amide bonds. The molecule has 3 heterocycles. The zero-order valence-electron chi connectivity index (χ0n) is 18.1. The molecule has 9 heteroatoms. The zero-order chi connectivity index (χ0) is 22.8. The Kier molecular flexibility index (Phi) is 6.17. The van der Waals surface area contributed by atoms with Crippen molar-refractivity contribution in [1.82, 2.24) is 9.88 Å². The number of para-hydroxylation sites is 1. The lowest BCUT2D eigenvalue weighted by Crippen LogP contribution is -2.43. The molecule has 2 saturated heterocycles. The van der Waals surface area contributed by atoms with E-state index in [4.69, 9.17) is 9.72 Å². The highest BCUT2D eigenvalue weighted by molar-refractivity contribution is 7.22. The Morgan fingerprint density at radius 1 is 1.00 bits per heavy atom. The number of rotatable bonds is 6. The lowest BCUT2D eigenvalue weighted by molar-refractivity contribution is -0.121. The summed E-state index contributed by atoms with van der Waals surface area (Å²) in [5.74, 6) is -0.575. The molecule has 0 N–H and O–H groups in total. The van der Waals surface area contributed by atoms with Crippen LogP contribution in [-0.2, 0) is 14.3 Å². The topological polar surface area (TPSA) is 83.1 Å². The fourth-order valence-electron chi connectivity index (χ4n) is 4.10. The highest BCUT2D eigenvalue weighted by atomic mass is 32.1. The number of carbonyl (C=O) groups excluding carboxylic acids is 3. The molecular weight excluding hydrogens is 440 g/mol. The lowest BCUT2D eigenvalue weighted by Gasteiger charge is -2.29.